The van der Waals surface area contributed by atoms with Crippen LogP contribution in [0.5, 0.6) is 0 Å². The fourth-order valence-corrected chi connectivity index (χ4v) is 1.48. The highest BCUT2D eigenvalue weighted by Gasteiger charge is 2.08. The molecule has 0 saturated heterocycles. The van der Waals surface area contributed by atoms with Crippen LogP contribution in [0.3, 0.4) is 0 Å². The van der Waals surface area contributed by atoms with Crippen LogP contribution in [0.25, 0.3) is 0 Å². The number of nitrogens with zero attached hydrogens (tertiary/aromatic N) is 2. The summed E-state index contributed by atoms with van der Waals surface area (Å²) in [7, 11) is 1.66. The zero-order chi connectivity index (χ0) is 11.8. The molecule has 0 aliphatic rings. The van der Waals surface area contributed by atoms with Crippen LogP contribution < -0.4 is 10.9 Å². The number of hydrogen-bond donors (Lipinski definition) is 1. The van der Waals surface area contributed by atoms with Crippen molar-refractivity contribution >= 4 is 0 Å². The Morgan fingerprint density at radius 2 is 2.44 bits per heavy atom. The van der Waals surface area contributed by atoms with Crippen LogP contribution in [0.1, 0.15) is 13.3 Å². The predicted octanol–water partition coefficient (Wildman–Crippen LogP) is 0.258. The van der Waals surface area contributed by atoms with E-state index in [4.69, 9.17) is 4.74 Å². The second-order valence-corrected chi connectivity index (χ2v) is 3.68. The molecule has 0 bridgehead atoms. The van der Waals surface area contributed by atoms with E-state index in [0.717, 1.165) is 13.0 Å². The van der Waals surface area contributed by atoms with Crippen molar-refractivity contribution in [3.8, 4) is 0 Å². The molecule has 1 N–H and O–H groups in total. The Kier molecular flexibility index (Phi) is 5.74. The Morgan fingerprint density at radius 3 is 3.06 bits per heavy atom. The van der Waals surface area contributed by atoms with Crippen LogP contribution in [-0.4, -0.2) is 35.9 Å². The molecule has 0 aliphatic heterocycles. The van der Waals surface area contributed by atoms with Crippen molar-refractivity contribution in [3.63, 3.8) is 0 Å². The molecule has 1 aromatic rings. The third kappa shape index (κ3) is 4.12. The number of ether oxygens (including phenoxy) is 1. The van der Waals surface area contributed by atoms with Crippen molar-refractivity contribution < 1.29 is 4.74 Å². The molecule has 0 saturated carbocycles. The molecular weight excluding hydrogens is 206 g/mol. The highest BCUT2D eigenvalue weighted by molar-refractivity contribution is 4.83. The fourth-order valence-electron chi connectivity index (χ4n) is 1.48. The summed E-state index contributed by atoms with van der Waals surface area (Å²) in [5.41, 5.74) is -0.0330. The maximum atomic E-state index is 11.5. The zero-order valence-electron chi connectivity index (χ0n) is 9.85. The third-order valence-corrected chi connectivity index (χ3v) is 2.26. The summed E-state index contributed by atoms with van der Waals surface area (Å²) in [5.74, 6) is 0. The number of methoxy groups -OCH3 is 1. The maximum absolute atomic E-state index is 11.5. The van der Waals surface area contributed by atoms with Crippen LogP contribution in [0.2, 0.25) is 0 Å². The van der Waals surface area contributed by atoms with Crippen LogP contribution in [0, 0.1) is 0 Å². The summed E-state index contributed by atoms with van der Waals surface area (Å²) in [6.07, 6.45) is 4.12. The molecule has 90 valence electrons. The van der Waals surface area contributed by atoms with Gasteiger partial charge in [0.15, 0.2) is 0 Å². The van der Waals surface area contributed by atoms with Gasteiger partial charge in [0.1, 0.15) is 0 Å². The molecule has 5 heteroatoms. The molecule has 5 nitrogen and oxygen atoms in total. The van der Waals surface area contributed by atoms with Gasteiger partial charge in [0.05, 0.1) is 12.9 Å². The van der Waals surface area contributed by atoms with Gasteiger partial charge in [-0.15, -0.1) is 0 Å². The molecule has 0 aromatic carbocycles. The van der Waals surface area contributed by atoms with Gasteiger partial charge in [0.25, 0.3) is 5.56 Å². The summed E-state index contributed by atoms with van der Waals surface area (Å²) in [6, 6.07) is 1.61. The molecule has 1 heterocycles. The van der Waals surface area contributed by atoms with Crippen LogP contribution in [-0.2, 0) is 11.3 Å². The van der Waals surface area contributed by atoms with Crippen molar-refractivity contribution in [2.24, 2.45) is 0 Å². The Morgan fingerprint density at radius 1 is 1.62 bits per heavy atom. The quantitative estimate of drug-likeness (QED) is 0.723. The summed E-state index contributed by atoms with van der Waals surface area (Å²) in [4.78, 5) is 15.4. The fraction of sp³-hybridized carbons (Fsp3) is 0.636. The monoisotopic (exact) mass is 225 g/mol. The molecule has 0 radical (unpaired) electrons. The first-order chi connectivity index (χ1) is 7.77. The number of hydrogen-bond acceptors (Lipinski definition) is 4. The first kappa shape index (κ1) is 12.9. The predicted molar refractivity (Wildman–Crippen MR) is 62.5 cm³/mol. The lowest BCUT2D eigenvalue weighted by atomic mass is 10.3. The molecule has 0 spiro atoms. The van der Waals surface area contributed by atoms with Gasteiger partial charge in [-0.05, 0) is 13.0 Å². The van der Waals surface area contributed by atoms with E-state index in [1.54, 1.807) is 18.0 Å². The summed E-state index contributed by atoms with van der Waals surface area (Å²) in [6.45, 7) is 4.19. The third-order valence-electron chi connectivity index (χ3n) is 2.26. The summed E-state index contributed by atoms with van der Waals surface area (Å²) in [5, 5.41) is 3.33. The van der Waals surface area contributed by atoms with E-state index in [0.29, 0.717) is 13.2 Å². The minimum atomic E-state index is -0.0330. The molecular formula is C11H19N3O2. The van der Waals surface area contributed by atoms with Gasteiger partial charge in [0.2, 0.25) is 0 Å². The zero-order valence-corrected chi connectivity index (χ0v) is 9.85. The lowest BCUT2D eigenvalue weighted by molar-refractivity contribution is 0.158. The van der Waals surface area contributed by atoms with Crippen molar-refractivity contribution in [3.05, 3.63) is 28.9 Å². The van der Waals surface area contributed by atoms with Gasteiger partial charge in [-0.25, -0.2) is 4.98 Å². The van der Waals surface area contributed by atoms with Crippen LogP contribution >= 0.6 is 0 Å². The Labute approximate surface area is 95.5 Å². The van der Waals surface area contributed by atoms with Crippen molar-refractivity contribution in [2.45, 2.75) is 25.9 Å². The molecule has 0 fully saturated rings. The number of aromatic nitrogens is 2. The summed E-state index contributed by atoms with van der Waals surface area (Å²) < 4.78 is 6.70. The van der Waals surface area contributed by atoms with E-state index in [9.17, 15) is 4.79 Å². The average Bonchev–Trinajstić information content (AvgIpc) is 2.29. The molecule has 1 unspecified atom stereocenters. The largest absolute Gasteiger partial charge is 0.383 e. The summed E-state index contributed by atoms with van der Waals surface area (Å²) >= 11 is 0. The average molecular weight is 225 g/mol. The van der Waals surface area contributed by atoms with Gasteiger partial charge in [0, 0.05) is 32.0 Å². The minimum Gasteiger partial charge on any atom is -0.383 e. The lowest BCUT2D eigenvalue weighted by Crippen LogP contribution is -2.40. The second-order valence-electron chi connectivity index (χ2n) is 3.68. The van der Waals surface area contributed by atoms with Gasteiger partial charge in [-0.1, -0.05) is 6.92 Å². The molecule has 16 heavy (non-hydrogen) atoms. The van der Waals surface area contributed by atoms with E-state index in [1.165, 1.54) is 12.3 Å². The maximum Gasteiger partial charge on any atom is 0.253 e. The normalized spacial score (nSPS) is 12.6. The molecule has 1 aromatic heterocycles. The van der Waals surface area contributed by atoms with E-state index >= 15 is 0 Å². The van der Waals surface area contributed by atoms with E-state index in [-0.39, 0.29) is 11.6 Å². The lowest BCUT2D eigenvalue weighted by Gasteiger charge is -2.18. The SMILES string of the molecule is CCCNC(COC)Cn1cnccc1=O. The van der Waals surface area contributed by atoms with Gasteiger partial charge < -0.3 is 10.1 Å². The highest BCUT2D eigenvalue weighted by Crippen LogP contribution is 1.90. The minimum absolute atomic E-state index is 0.0330. The van der Waals surface area contributed by atoms with E-state index in [2.05, 4.69) is 17.2 Å². The van der Waals surface area contributed by atoms with Crippen molar-refractivity contribution in [1.82, 2.24) is 14.9 Å². The Bertz CT molecular complexity index is 351. The van der Waals surface area contributed by atoms with Gasteiger partial charge in [-0.3, -0.25) is 9.36 Å². The first-order valence-corrected chi connectivity index (χ1v) is 5.50. The number of rotatable bonds is 7. The van der Waals surface area contributed by atoms with Gasteiger partial charge >= 0.3 is 0 Å². The second kappa shape index (κ2) is 7.14. The standard InChI is InChI=1S/C11H19N3O2/c1-3-5-13-10(8-16-2)7-14-9-12-6-4-11(14)15/h4,6,9-10,13H,3,5,7-8H2,1-2H3. The molecule has 1 rings (SSSR count). The number of nitrogens with one attached hydrogen (secondary N) is 1. The Hall–Kier alpha value is -1.20. The van der Waals surface area contributed by atoms with Crippen molar-refractivity contribution in [2.75, 3.05) is 20.3 Å². The van der Waals surface area contributed by atoms with Crippen molar-refractivity contribution in [1.29, 1.82) is 0 Å². The smallest absolute Gasteiger partial charge is 0.253 e. The van der Waals surface area contributed by atoms with Gasteiger partial charge in [-0.2, -0.15) is 0 Å². The molecule has 0 aliphatic carbocycles. The van der Waals surface area contributed by atoms with E-state index in [1.807, 2.05) is 0 Å². The first-order valence-electron chi connectivity index (χ1n) is 5.50. The van der Waals surface area contributed by atoms with Crippen LogP contribution in [0.4, 0.5) is 0 Å². The molecule has 0 amide bonds. The molecule has 1 atom stereocenters. The van der Waals surface area contributed by atoms with Crippen LogP contribution in [0.15, 0.2) is 23.4 Å². The Balaban J connectivity index is 2.60. The van der Waals surface area contributed by atoms with E-state index < -0.39 is 0 Å². The topological polar surface area (TPSA) is 56.1 Å². The highest BCUT2D eigenvalue weighted by atomic mass is 16.5.